The maximum absolute atomic E-state index is 14.1. The Balaban J connectivity index is 0.000000433. The Morgan fingerprint density at radius 3 is 2.04 bits per heavy atom. The van der Waals surface area contributed by atoms with Crippen LogP contribution >= 0.6 is 0 Å². The number of carbonyl (C=O) groups excluding carboxylic acids is 3. The fraction of sp³-hybridized carbons (Fsp3) is 0.575. The van der Waals surface area contributed by atoms with Gasteiger partial charge in [0, 0.05) is 18.4 Å². The van der Waals surface area contributed by atoms with Crippen LogP contribution in [0.15, 0.2) is 59.1 Å². The molecule has 0 N–H and O–H groups in total. The summed E-state index contributed by atoms with van der Waals surface area (Å²) in [4.78, 5) is 34.1. The Labute approximate surface area is 289 Å². The third-order valence-corrected chi connectivity index (χ3v) is 8.07. The second-order valence-electron chi connectivity index (χ2n) is 13.8. The summed E-state index contributed by atoms with van der Waals surface area (Å²) in [6.45, 7) is 19.8. The summed E-state index contributed by atoms with van der Waals surface area (Å²) in [6, 6.07) is 2.64. The van der Waals surface area contributed by atoms with Crippen LogP contribution in [0.1, 0.15) is 125 Å². The summed E-state index contributed by atoms with van der Waals surface area (Å²) < 4.78 is 29.6. The number of carbonyl (C=O) groups is 3. The van der Waals surface area contributed by atoms with E-state index in [4.69, 9.17) is 14.3 Å². The van der Waals surface area contributed by atoms with Gasteiger partial charge in [-0.3, -0.25) is 9.69 Å². The van der Waals surface area contributed by atoms with Gasteiger partial charge < -0.3 is 19.0 Å². The molecule has 2 aliphatic rings. The fourth-order valence-electron chi connectivity index (χ4n) is 5.63. The lowest BCUT2D eigenvalue weighted by molar-refractivity contribution is -0.126. The van der Waals surface area contributed by atoms with E-state index in [1.807, 2.05) is 0 Å². The Morgan fingerprint density at radius 2 is 1.56 bits per heavy atom. The van der Waals surface area contributed by atoms with E-state index in [-0.39, 0.29) is 0 Å². The van der Waals surface area contributed by atoms with Gasteiger partial charge >= 0.3 is 6.09 Å². The molecule has 7 nitrogen and oxygen atoms in total. The van der Waals surface area contributed by atoms with Crippen molar-refractivity contribution in [2.75, 3.05) is 18.6 Å². The van der Waals surface area contributed by atoms with Crippen molar-refractivity contribution in [1.29, 1.82) is 0 Å². The molecule has 0 aliphatic heterocycles. The number of halogens is 1. The first-order valence-electron chi connectivity index (χ1n) is 17.3. The molecule has 0 spiro atoms. The summed E-state index contributed by atoms with van der Waals surface area (Å²) in [5.41, 5.74) is 3.11. The van der Waals surface area contributed by atoms with Crippen molar-refractivity contribution in [1.82, 2.24) is 0 Å². The molecular formula is C40H60FNO6. The van der Waals surface area contributed by atoms with Crippen molar-refractivity contribution in [2.45, 2.75) is 132 Å². The molecule has 48 heavy (non-hydrogen) atoms. The molecule has 8 heteroatoms. The number of anilines is 1. The lowest BCUT2D eigenvalue weighted by atomic mass is 9.83. The number of hydrogen-bond acceptors (Lipinski definition) is 6. The lowest BCUT2D eigenvalue weighted by Crippen LogP contribution is -2.37. The van der Waals surface area contributed by atoms with Gasteiger partial charge in [0.2, 0.25) is 0 Å². The lowest BCUT2D eigenvalue weighted by Gasteiger charge is -2.30. The molecule has 0 atom stereocenters. The van der Waals surface area contributed by atoms with Crippen LogP contribution in [0.5, 0.6) is 0 Å². The number of allylic oxidation sites excluding steroid dienone is 7. The van der Waals surface area contributed by atoms with Crippen LogP contribution in [0.25, 0.3) is 0 Å². The molecule has 268 valence electrons. The first-order valence-corrected chi connectivity index (χ1v) is 17.3. The molecule has 1 amide bonds. The molecule has 0 aromatic heterocycles. The molecule has 0 saturated heterocycles. The van der Waals surface area contributed by atoms with Gasteiger partial charge in [-0.15, -0.1) is 0 Å². The SMILES string of the molecule is CCCC(CCC)C1=CCCC=C1OC1=CC=C(C)CC1.CCN(C(=O)OC(C)(C)C)c1cc(F)cc(C(C)(C)C=O)c1C.COC=O. The molecule has 1 aromatic carbocycles. The maximum Gasteiger partial charge on any atom is 0.414 e. The fourth-order valence-corrected chi connectivity index (χ4v) is 5.63. The van der Waals surface area contributed by atoms with Crippen LogP contribution in [0.2, 0.25) is 0 Å². The Morgan fingerprint density at radius 1 is 0.958 bits per heavy atom. The average molecular weight is 670 g/mol. The molecular weight excluding hydrogens is 609 g/mol. The van der Waals surface area contributed by atoms with E-state index >= 15 is 0 Å². The molecule has 0 heterocycles. The van der Waals surface area contributed by atoms with Gasteiger partial charge in [-0.1, -0.05) is 44.4 Å². The molecule has 3 rings (SSSR count). The predicted molar refractivity (Wildman–Crippen MR) is 193 cm³/mol. The largest absolute Gasteiger partial charge is 0.471 e. The van der Waals surface area contributed by atoms with Crippen LogP contribution in [0, 0.1) is 18.7 Å². The van der Waals surface area contributed by atoms with Crippen LogP contribution in [0.4, 0.5) is 14.9 Å². The monoisotopic (exact) mass is 669 g/mol. The van der Waals surface area contributed by atoms with Crippen LogP contribution in [-0.4, -0.2) is 38.1 Å². The summed E-state index contributed by atoms with van der Waals surface area (Å²) in [5.74, 6) is 2.46. The molecule has 1 aromatic rings. The molecule has 0 unspecified atom stereocenters. The zero-order valence-corrected chi connectivity index (χ0v) is 31.3. The minimum Gasteiger partial charge on any atom is -0.471 e. The van der Waals surface area contributed by atoms with Gasteiger partial charge in [-0.05, 0) is 134 Å². The van der Waals surface area contributed by atoms with Crippen molar-refractivity contribution < 1.29 is 33.0 Å². The summed E-state index contributed by atoms with van der Waals surface area (Å²) in [7, 11) is 1.31. The summed E-state index contributed by atoms with van der Waals surface area (Å²) in [5, 5.41) is 0. The predicted octanol–water partition coefficient (Wildman–Crippen LogP) is 10.6. The minimum absolute atomic E-state index is 0.333. The third kappa shape index (κ3) is 13.8. The zero-order valence-electron chi connectivity index (χ0n) is 31.3. The van der Waals surface area contributed by atoms with E-state index in [9.17, 15) is 14.0 Å². The standard InChI is InChI=1S/C20H30O.C18H26FNO3.C2H4O2/c1-4-8-17(9-5-2)19-10-6-7-11-20(19)21-18-14-12-16(3)13-15-18;1-8-20(16(22)23-17(3,4)5)15-10-13(19)9-14(12(15)2)18(6,7)11-21;1-4-2-3/h10-12,14,17H,4-9,13,15H2,1-3H3;9-11H,8H2,1-7H3;2H,1H3. The third-order valence-electron chi connectivity index (χ3n) is 8.07. The van der Waals surface area contributed by atoms with Crippen molar-refractivity contribution >= 4 is 24.5 Å². The van der Waals surface area contributed by atoms with Gasteiger partial charge in [-0.25, -0.2) is 9.18 Å². The molecule has 0 bridgehead atoms. The van der Waals surface area contributed by atoms with Gasteiger partial charge in [0.15, 0.2) is 0 Å². The second-order valence-corrected chi connectivity index (χ2v) is 13.8. The average Bonchev–Trinajstić information content (AvgIpc) is 3.03. The van der Waals surface area contributed by atoms with E-state index < -0.39 is 22.9 Å². The maximum atomic E-state index is 14.1. The van der Waals surface area contributed by atoms with Crippen LogP contribution in [-0.2, 0) is 29.2 Å². The number of rotatable bonds is 12. The minimum atomic E-state index is -0.839. The van der Waals surface area contributed by atoms with E-state index in [0.29, 0.717) is 35.7 Å². The normalized spacial score (nSPS) is 14.4. The van der Waals surface area contributed by atoms with Crippen LogP contribution in [0.3, 0.4) is 0 Å². The van der Waals surface area contributed by atoms with Crippen molar-refractivity contribution in [2.24, 2.45) is 5.92 Å². The second kappa shape index (κ2) is 20.6. The number of hydrogen-bond donors (Lipinski definition) is 0. The Kier molecular flexibility index (Phi) is 18.2. The smallest absolute Gasteiger partial charge is 0.414 e. The number of nitrogens with zero attached hydrogens (tertiary/aromatic N) is 1. The van der Waals surface area contributed by atoms with Crippen LogP contribution < -0.4 is 4.90 Å². The quantitative estimate of drug-likeness (QED) is 0.206. The van der Waals surface area contributed by atoms with Crippen molar-refractivity contribution in [3.05, 3.63) is 76.0 Å². The number of benzene rings is 1. The van der Waals surface area contributed by atoms with Gasteiger partial charge in [0.05, 0.1) is 12.8 Å². The zero-order chi connectivity index (χ0) is 36.5. The van der Waals surface area contributed by atoms with E-state index in [2.05, 4.69) is 49.8 Å². The highest BCUT2D eigenvalue weighted by molar-refractivity contribution is 5.89. The summed E-state index contributed by atoms with van der Waals surface area (Å²) >= 11 is 0. The topological polar surface area (TPSA) is 82.1 Å². The van der Waals surface area contributed by atoms with Crippen molar-refractivity contribution in [3.8, 4) is 0 Å². The first kappa shape index (κ1) is 42.3. The number of ether oxygens (including phenoxy) is 3. The van der Waals surface area contributed by atoms with Gasteiger partial charge in [0.1, 0.15) is 29.2 Å². The molecule has 0 fully saturated rings. The van der Waals surface area contributed by atoms with Gasteiger partial charge in [0.25, 0.3) is 6.47 Å². The number of aldehydes is 1. The highest BCUT2D eigenvalue weighted by Crippen LogP contribution is 2.35. The number of amides is 1. The highest BCUT2D eigenvalue weighted by Gasteiger charge is 2.29. The van der Waals surface area contributed by atoms with E-state index in [0.717, 1.165) is 37.1 Å². The van der Waals surface area contributed by atoms with Gasteiger partial charge in [-0.2, -0.15) is 0 Å². The summed E-state index contributed by atoms with van der Waals surface area (Å²) in [6.07, 6.45) is 18.8. The Bertz CT molecular complexity index is 1330. The Hall–Kier alpha value is -3.68. The highest BCUT2D eigenvalue weighted by atomic mass is 19.1. The van der Waals surface area contributed by atoms with E-state index in [1.165, 1.54) is 67.4 Å². The van der Waals surface area contributed by atoms with E-state index in [1.54, 1.807) is 48.5 Å². The first-order chi connectivity index (χ1) is 22.6. The molecule has 0 radical (unpaired) electrons. The number of methoxy groups -OCH3 is 1. The molecule has 0 saturated carbocycles. The molecule has 2 aliphatic carbocycles. The van der Waals surface area contributed by atoms with Crippen molar-refractivity contribution in [3.63, 3.8) is 0 Å².